The van der Waals surface area contributed by atoms with Crippen molar-refractivity contribution in [2.24, 2.45) is 4.74 Å². The molecule has 4 heteroatoms. The highest BCUT2D eigenvalue weighted by atomic mass is 32.1. The number of nitrogens with zero attached hydrogens (tertiary/aromatic N) is 2. The second kappa shape index (κ2) is 8.02. The van der Waals surface area contributed by atoms with Crippen LogP contribution < -0.4 is 15.9 Å². The first-order valence-electron chi connectivity index (χ1n) is 9.93. The molecule has 30 heavy (non-hydrogen) atoms. The Hall–Kier alpha value is -3.00. The molecule has 0 bridgehead atoms. The van der Waals surface area contributed by atoms with Crippen molar-refractivity contribution in [2.45, 2.75) is 6.92 Å². The number of hydrogen-bond donors (Lipinski definition) is 0. The number of thiazole rings is 1. The summed E-state index contributed by atoms with van der Waals surface area (Å²) in [6.07, 6.45) is 0. The predicted octanol–water partition coefficient (Wildman–Crippen LogP) is 6.41. The normalized spacial score (nSPS) is 11.5. The van der Waals surface area contributed by atoms with Crippen LogP contribution in [0.15, 0.2) is 114 Å². The summed E-state index contributed by atoms with van der Waals surface area (Å²) in [6, 6.07) is 38.3. The molecule has 0 radical (unpaired) electrons. The van der Waals surface area contributed by atoms with Crippen LogP contribution in [0, 0.1) is 6.92 Å². The van der Waals surface area contributed by atoms with Crippen molar-refractivity contribution < 1.29 is 0 Å². The SMILES string of the molecule is Cc1cccc2nc(N=P(c3ccccc3)(c3ccccc3)c3ccccc3)sc12. The van der Waals surface area contributed by atoms with E-state index in [4.69, 9.17) is 9.73 Å². The van der Waals surface area contributed by atoms with Gasteiger partial charge in [0.25, 0.3) is 0 Å². The second-order valence-electron chi connectivity index (χ2n) is 7.16. The quantitative estimate of drug-likeness (QED) is 0.306. The molecule has 0 aliphatic rings. The fraction of sp³-hybridized carbons (Fsp3) is 0.0385. The summed E-state index contributed by atoms with van der Waals surface area (Å²) in [6.45, 7) is 2.14. The molecule has 0 amide bonds. The van der Waals surface area contributed by atoms with Gasteiger partial charge in [-0.05, 0) is 18.6 Å². The lowest BCUT2D eigenvalue weighted by Gasteiger charge is -2.26. The molecule has 5 aromatic rings. The van der Waals surface area contributed by atoms with Gasteiger partial charge in [-0.1, -0.05) is 114 Å². The Morgan fingerprint density at radius 3 is 1.60 bits per heavy atom. The van der Waals surface area contributed by atoms with E-state index in [0.717, 1.165) is 10.6 Å². The molecular weight excluding hydrogens is 403 g/mol. The monoisotopic (exact) mass is 424 g/mol. The van der Waals surface area contributed by atoms with Gasteiger partial charge in [-0.2, -0.15) is 0 Å². The molecule has 0 saturated heterocycles. The molecule has 4 aromatic carbocycles. The zero-order valence-corrected chi connectivity index (χ0v) is 18.4. The fourth-order valence-corrected chi connectivity index (χ4v) is 8.46. The molecule has 0 fully saturated rings. The van der Waals surface area contributed by atoms with E-state index >= 15 is 0 Å². The smallest absolute Gasteiger partial charge is 0.209 e. The molecule has 0 aliphatic carbocycles. The minimum atomic E-state index is -2.27. The van der Waals surface area contributed by atoms with Gasteiger partial charge in [0.15, 0.2) is 0 Å². The molecule has 1 heterocycles. The first kappa shape index (κ1) is 19.0. The zero-order valence-electron chi connectivity index (χ0n) is 16.6. The van der Waals surface area contributed by atoms with E-state index in [1.807, 2.05) is 0 Å². The molecule has 0 saturated carbocycles. The summed E-state index contributed by atoms with van der Waals surface area (Å²) in [4.78, 5) is 4.91. The van der Waals surface area contributed by atoms with Crippen LogP contribution in [-0.4, -0.2) is 4.98 Å². The van der Waals surface area contributed by atoms with Gasteiger partial charge in [0.1, 0.15) is 0 Å². The lowest BCUT2D eigenvalue weighted by atomic mass is 10.2. The van der Waals surface area contributed by atoms with E-state index in [2.05, 4.69) is 116 Å². The van der Waals surface area contributed by atoms with Gasteiger partial charge in [0, 0.05) is 15.9 Å². The number of fused-ring (bicyclic) bond motifs is 1. The summed E-state index contributed by atoms with van der Waals surface area (Å²) in [5.41, 5.74) is 2.26. The topological polar surface area (TPSA) is 25.2 Å². The maximum atomic E-state index is 5.50. The molecule has 0 unspecified atom stereocenters. The summed E-state index contributed by atoms with van der Waals surface area (Å²) in [7, 11) is -2.27. The minimum absolute atomic E-state index is 0.837. The number of hydrogen-bond acceptors (Lipinski definition) is 3. The van der Waals surface area contributed by atoms with Crippen LogP contribution in [0.4, 0.5) is 5.13 Å². The highest BCUT2D eigenvalue weighted by Crippen LogP contribution is 2.50. The molecule has 0 N–H and O–H groups in total. The maximum Gasteiger partial charge on any atom is 0.209 e. The van der Waals surface area contributed by atoms with E-state index in [9.17, 15) is 0 Å². The van der Waals surface area contributed by atoms with Gasteiger partial charge in [0.05, 0.1) is 17.3 Å². The summed E-state index contributed by atoms with van der Waals surface area (Å²) < 4.78 is 6.71. The lowest BCUT2D eigenvalue weighted by Crippen LogP contribution is -2.25. The molecular formula is C26H21N2PS. The summed E-state index contributed by atoms with van der Waals surface area (Å²) in [5.74, 6) is 0. The molecule has 2 nitrogen and oxygen atoms in total. The van der Waals surface area contributed by atoms with Crippen molar-refractivity contribution >= 4 is 49.7 Å². The van der Waals surface area contributed by atoms with Gasteiger partial charge in [0.2, 0.25) is 5.13 Å². The van der Waals surface area contributed by atoms with Crippen molar-refractivity contribution in [1.82, 2.24) is 4.98 Å². The van der Waals surface area contributed by atoms with Crippen LogP contribution in [0.5, 0.6) is 0 Å². The highest BCUT2D eigenvalue weighted by molar-refractivity contribution is 7.87. The molecule has 0 spiro atoms. The van der Waals surface area contributed by atoms with E-state index in [-0.39, 0.29) is 0 Å². The molecule has 1 aromatic heterocycles. The molecule has 5 rings (SSSR count). The predicted molar refractivity (Wildman–Crippen MR) is 132 cm³/mol. The van der Waals surface area contributed by atoms with Crippen molar-refractivity contribution in [3.05, 3.63) is 115 Å². The van der Waals surface area contributed by atoms with E-state index in [1.54, 1.807) is 11.3 Å². The maximum absolute atomic E-state index is 5.50. The van der Waals surface area contributed by atoms with Gasteiger partial charge in [-0.15, -0.1) is 0 Å². The molecule has 146 valence electrons. The Bertz CT molecular complexity index is 1240. The third-order valence-electron chi connectivity index (χ3n) is 5.23. The number of aryl methyl sites for hydroxylation is 1. The number of rotatable bonds is 4. The van der Waals surface area contributed by atoms with Crippen LogP contribution in [0.3, 0.4) is 0 Å². The van der Waals surface area contributed by atoms with Crippen LogP contribution in [0.2, 0.25) is 0 Å². The summed E-state index contributed by atoms with van der Waals surface area (Å²) in [5, 5.41) is 4.54. The standard InChI is InChI=1S/C26H21N2PS/c1-20-12-11-19-24-25(20)30-26(27-24)28-29(21-13-5-2-6-14-21,22-15-7-3-8-16-22)23-17-9-4-10-18-23/h2-19H,1H3. The van der Waals surface area contributed by atoms with Crippen LogP contribution in [-0.2, 0) is 0 Å². The van der Waals surface area contributed by atoms with Gasteiger partial charge < -0.3 is 0 Å². The molecule has 0 atom stereocenters. The average Bonchev–Trinajstić information content (AvgIpc) is 3.23. The van der Waals surface area contributed by atoms with Crippen molar-refractivity contribution in [2.75, 3.05) is 0 Å². The van der Waals surface area contributed by atoms with Gasteiger partial charge in [-0.3, -0.25) is 0 Å². The van der Waals surface area contributed by atoms with Crippen molar-refractivity contribution in [3.63, 3.8) is 0 Å². The number of benzene rings is 4. The highest BCUT2D eigenvalue weighted by Gasteiger charge is 2.28. The Kier molecular flexibility index (Phi) is 5.08. The van der Waals surface area contributed by atoms with E-state index in [0.29, 0.717) is 0 Å². The minimum Gasteiger partial charge on any atom is -0.225 e. The molecule has 0 aliphatic heterocycles. The van der Waals surface area contributed by atoms with Crippen LogP contribution in [0.25, 0.3) is 10.2 Å². The zero-order chi connectivity index (χ0) is 20.4. The van der Waals surface area contributed by atoms with Gasteiger partial charge >= 0.3 is 0 Å². The number of aromatic nitrogens is 1. The van der Waals surface area contributed by atoms with E-state index < -0.39 is 7.05 Å². The van der Waals surface area contributed by atoms with Crippen LogP contribution >= 0.6 is 18.4 Å². The third-order valence-corrected chi connectivity index (χ3v) is 10.1. The first-order chi connectivity index (χ1) is 14.8. The Balaban J connectivity index is 1.90. The van der Waals surface area contributed by atoms with Crippen LogP contribution in [0.1, 0.15) is 5.56 Å². The Morgan fingerprint density at radius 1 is 0.633 bits per heavy atom. The van der Waals surface area contributed by atoms with Crippen molar-refractivity contribution in [3.8, 4) is 0 Å². The van der Waals surface area contributed by atoms with E-state index in [1.165, 1.54) is 26.2 Å². The Morgan fingerprint density at radius 2 is 1.13 bits per heavy atom. The summed E-state index contributed by atoms with van der Waals surface area (Å²) >= 11 is 1.68. The Labute approximate surface area is 180 Å². The van der Waals surface area contributed by atoms with Crippen molar-refractivity contribution in [1.29, 1.82) is 0 Å². The average molecular weight is 425 g/mol. The lowest BCUT2D eigenvalue weighted by molar-refractivity contribution is 1.42. The third kappa shape index (κ3) is 3.31. The fourth-order valence-electron chi connectivity index (χ4n) is 3.80. The second-order valence-corrected chi connectivity index (χ2v) is 11.2. The first-order valence-corrected chi connectivity index (χ1v) is 12.5. The van der Waals surface area contributed by atoms with Gasteiger partial charge in [-0.25, -0.2) is 9.73 Å². The largest absolute Gasteiger partial charge is 0.225 e.